The Labute approximate surface area is 113 Å². The molecular weight excluding hydrogens is 266 g/mol. The molecule has 0 radical (unpaired) electrons. The molecule has 1 saturated carbocycles. The third-order valence-electron chi connectivity index (χ3n) is 2.75. The molecule has 1 fully saturated rings. The summed E-state index contributed by atoms with van der Waals surface area (Å²) in [6.45, 7) is 0. The van der Waals surface area contributed by atoms with Gasteiger partial charge in [-0.15, -0.1) is 0 Å². The van der Waals surface area contributed by atoms with Gasteiger partial charge in [-0.2, -0.15) is 4.98 Å². The van der Waals surface area contributed by atoms with Crippen molar-refractivity contribution in [2.24, 2.45) is 0 Å². The zero-order valence-electron chi connectivity index (χ0n) is 9.94. The number of carboxylic acids is 1. The molecule has 0 aliphatic heterocycles. The summed E-state index contributed by atoms with van der Waals surface area (Å²) in [5.74, 6) is 1.42. The Morgan fingerprint density at radius 1 is 1.47 bits per heavy atom. The summed E-state index contributed by atoms with van der Waals surface area (Å²) in [6.07, 6.45) is 3.63. The van der Waals surface area contributed by atoms with Crippen molar-refractivity contribution in [3.8, 4) is 0 Å². The van der Waals surface area contributed by atoms with Crippen LogP contribution in [0.5, 0.6) is 0 Å². The van der Waals surface area contributed by atoms with E-state index in [1.54, 1.807) is 6.07 Å². The predicted molar refractivity (Wildman–Crippen MR) is 67.0 cm³/mol. The monoisotopic (exact) mass is 277 g/mol. The summed E-state index contributed by atoms with van der Waals surface area (Å²) < 4.78 is 5.15. The maximum atomic E-state index is 10.7. The number of nitrogens with zero attached hydrogens (tertiary/aromatic N) is 3. The van der Waals surface area contributed by atoms with Crippen molar-refractivity contribution in [2.75, 3.05) is 0 Å². The Bertz CT molecular complexity index is 593. The lowest BCUT2D eigenvalue weighted by Gasteiger charge is -1.98. The summed E-state index contributed by atoms with van der Waals surface area (Å²) in [5.41, 5.74) is 0.179. The molecule has 0 saturated heterocycles. The van der Waals surface area contributed by atoms with Gasteiger partial charge in [-0.3, -0.25) is 0 Å². The quantitative estimate of drug-likeness (QED) is 0.839. The number of carbonyl (C=O) groups is 1. The van der Waals surface area contributed by atoms with E-state index in [1.807, 2.05) is 0 Å². The SMILES string of the molecule is O=C(O)c1ccc(SCc2nc(C3CC3)no2)nc1. The van der Waals surface area contributed by atoms with Crippen LogP contribution in [0.1, 0.15) is 40.8 Å². The fourth-order valence-corrected chi connectivity index (χ4v) is 2.24. The minimum absolute atomic E-state index is 0.179. The smallest absolute Gasteiger partial charge is 0.337 e. The second-order valence-corrected chi connectivity index (χ2v) is 5.30. The minimum Gasteiger partial charge on any atom is -0.478 e. The molecule has 2 heterocycles. The van der Waals surface area contributed by atoms with Gasteiger partial charge >= 0.3 is 5.97 Å². The lowest BCUT2D eigenvalue weighted by molar-refractivity contribution is 0.0696. The highest BCUT2D eigenvalue weighted by Crippen LogP contribution is 2.38. The van der Waals surface area contributed by atoms with Gasteiger partial charge in [-0.1, -0.05) is 16.9 Å². The number of rotatable bonds is 5. The first-order valence-electron chi connectivity index (χ1n) is 5.87. The van der Waals surface area contributed by atoms with Crippen LogP contribution in [0.4, 0.5) is 0 Å². The molecule has 1 aliphatic rings. The lowest BCUT2D eigenvalue weighted by Crippen LogP contribution is -1.96. The molecule has 19 heavy (non-hydrogen) atoms. The van der Waals surface area contributed by atoms with Crippen LogP contribution in [0.2, 0.25) is 0 Å². The Hall–Kier alpha value is -1.89. The van der Waals surface area contributed by atoms with E-state index in [9.17, 15) is 4.79 Å². The van der Waals surface area contributed by atoms with E-state index in [2.05, 4.69) is 15.1 Å². The number of hydrogen-bond donors (Lipinski definition) is 1. The second-order valence-electron chi connectivity index (χ2n) is 4.30. The molecule has 0 bridgehead atoms. The second kappa shape index (κ2) is 5.00. The van der Waals surface area contributed by atoms with Crippen molar-refractivity contribution in [3.05, 3.63) is 35.6 Å². The molecule has 2 aromatic rings. The maximum Gasteiger partial charge on any atom is 0.337 e. The summed E-state index contributed by atoms with van der Waals surface area (Å²) in [4.78, 5) is 19.1. The van der Waals surface area contributed by atoms with Crippen LogP contribution in [0, 0.1) is 0 Å². The lowest BCUT2D eigenvalue weighted by atomic mass is 10.3. The normalized spacial score (nSPS) is 14.5. The van der Waals surface area contributed by atoms with Crippen LogP contribution in [-0.2, 0) is 5.75 Å². The van der Waals surface area contributed by atoms with Gasteiger partial charge in [0.15, 0.2) is 5.82 Å². The Morgan fingerprint density at radius 3 is 2.95 bits per heavy atom. The molecular formula is C12H11N3O3S. The fourth-order valence-electron chi connectivity index (χ4n) is 1.56. The maximum absolute atomic E-state index is 10.7. The van der Waals surface area contributed by atoms with Gasteiger partial charge in [0.05, 0.1) is 16.3 Å². The van der Waals surface area contributed by atoms with E-state index in [0.29, 0.717) is 17.6 Å². The van der Waals surface area contributed by atoms with Gasteiger partial charge in [-0.25, -0.2) is 9.78 Å². The van der Waals surface area contributed by atoms with Crippen LogP contribution in [0.15, 0.2) is 27.9 Å². The third-order valence-corrected chi connectivity index (χ3v) is 3.68. The van der Waals surface area contributed by atoms with Crippen LogP contribution < -0.4 is 0 Å². The van der Waals surface area contributed by atoms with Gasteiger partial charge < -0.3 is 9.63 Å². The molecule has 6 nitrogen and oxygen atoms in total. The highest BCUT2D eigenvalue weighted by atomic mass is 32.2. The summed E-state index contributed by atoms with van der Waals surface area (Å²) in [7, 11) is 0. The van der Waals surface area contributed by atoms with Crippen molar-refractivity contribution in [3.63, 3.8) is 0 Å². The van der Waals surface area contributed by atoms with Crippen LogP contribution in [0.25, 0.3) is 0 Å². The Morgan fingerprint density at radius 2 is 2.32 bits per heavy atom. The number of aromatic carboxylic acids is 1. The van der Waals surface area contributed by atoms with E-state index in [0.717, 1.165) is 23.7 Å². The summed E-state index contributed by atoms with van der Waals surface area (Å²) in [6, 6.07) is 3.20. The average molecular weight is 277 g/mol. The van der Waals surface area contributed by atoms with Gasteiger partial charge in [0.25, 0.3) is 0 Å². The van der Waals surface area contributed by atoms with E-state index in [4.69, 9.17) is 9.63 Å². The standard InChI is InChI=1S/C12H11N3O3S/c16-12(17)8-3-4-10(13-5-8)19-6-9-14-11(15-18-9)7-1-2-7/h3-5,7H,1-2,6H2,(H,16,17). The Balaban J connectivity index is 1.59. The van der Waals surface area contributed by atoms with Crippen LogP contribution in [-0.4, -0.2) is 26.2 Å². The highest BCUT2D eigenvalue weighted by Gasteiger charge is 2.28. The van der Waals surface area contributed by atoms with Gasteiger partial charge in [0.2, 0.25) is 5.89 Å². The van der Waals surface area contributed by atoms with Gasteiger partial charge in [0, 0.05) is 12.1 Å². The van der Waals surface area contributed by atoms with Crippen molar-refractivity contribution >= 4 is 17.7 Å². The molecule has 98 valence electrons. The average Bonchev–Trinajstić information content (AvgIpc) is 3.16. The van der Waals surface area contributed by atoms with E-state index < -0.39 is 5.97 Å². The molecule has 0 amide bonds. The topological polar surface area (TPSA) is 89.1 Å². The molecule has 0 unspecified atom stereocenters. The first-order valence-corrected chi connectivity index (χ1v) is 6.85. The van der Waals surface area contributed by atoms with E-state index in [1.165, 1.54) is 24.0 Å². The first-order chi connectivity index (χ1) is 9.22. The summed E-state index contributed by atoms with van der Waals surface area (Å²) in [5, 5.41) is 13.4. The number of hydrogen-bond acceptors (Lipinski definition) is 6. The first kappa shape index (κ1) is 12.2. The van der Waals surface area contributed by atoms with Crippen molar-refractivity contribution < 1.29 is 14.4 Å². The number of thioether (sulfide) groups is 1. The molecule has 1 N–H and O–H groups in total. The zero-order valence-corrected chi connectivity index (χ0v) is 10.8. The number of carboxylic acid groups (broad SMARTS) is 1. The number of aromatic nitrogens is 3. The zero-order chi connectivity index (χ0) is 13.2. The largest absolute Gasteiger partial charge is 0.478 e. The molecule has 0 spiro atoms. The Kier molecular flexibility index (Phi) is 3.20. The van der Waals surface area contributed by atoms with Crippen molar-refractivity contribution in [2.45, 2.75) is 29.5 Å². The van der Waals surface area contributed by atoms with Crippen LogP contribution in [0.3, 0.4) is 0 Å². The number of pyridine rings is 1. The molecule has 3 rings (SSSR count). The predicted octanol–water partition coefficient (Wildman–Crippen LogP) is 2.33. The van der Waals surface area contributed by atoms with E-state index in [-0.39, 0.29) is 5.56 Å². The third kappa shape index (κ3) is 2.93. The molecule has 7 heteroatoms. The van der Waals surface area contributed by atoms with E-state index >= 15 is 0 Å². The van der Waals surface area contributed by atoms with Crippen molar-refractivity contribution in [1.29, 1.82) is 0 Å². The van der Waals surface area contributed by atoms with Gasteiger partial charge in [0.1, 0.15) is 0 Å². The fraction of sp³-hybridized carbons (Fsp3) is 0.333. The molecule has 2 aromatic heterocycles. The summed E-state index contributed by atoms with van der Waals surface area (Å²) >= 11 is 1.44. The highest BCUT2D eigenvalue weighted by molar-refractivity contribution is 7.98. The molecule has 0 atom stereocenters. The minimum atomic E-state index is -0.977. The molecule has 0 aromatic carbocycles. The molecule has 1 aliphatic carbocycles. The van der Waals surface area contributed by atoms with Crippen LogP contribution >= 0.6 is 11.8 Å². The van der Waals surface area contributed by atoms with Gasteiger partial charge in [-0.05, 0) is 25.0 Å². The van der Waals surface area contributed by atoms with Crippen molar-refractivity contribution in [1.82, 2.24) is 15.1 Å².